The number of nitrogens with zero attached hydrogens (tertiary/aromatic N) is 2. The van der Waals surface area contributed by atoms with Gasteiger partial charge in [0, 0.05) is 17.7 Å². The Bertz CT molecular complexity index is 708. The zero-order valence-corrected chi connectivity index (χ0v) is 10.4. The molecule has 9 heteroatoms. The van der Waals surface area contributed by atoms with Crippen molar-refractivity contribution in [2.75, 3.05) is 0 Å². The van der Waals surface area contributed by atoms with Gasteiger partial charge in [-0.3, -0.25) is 14.9 Å². The number of hydrazone groups is 1. The Labute approximate surface area is 117 Å². The second kappa shape index (κ2) is 5.74. The number of furan rings is 1. The first kappa shape index (κ1) is 14.1. The summed E-state index contributed by atoms with van der Waals surface area (Å²) in [5.74, 6) is -1.68. The number of aromatic hydroxyl groups is 2. The highest BCUT2D eigenvalue weighted by molar-refractivity contribution is 5.92. The molecule has 9 nitrogen and oxygen atoms in total. The van der Waals surface area contributed by atoms with Crippen LogP contribution in [0.4, 0.5) is 5.69 Å². The van der Waals surface area contributed by atoms with Gasteiger partial charge in [0.25, 0.3) is 0 Å². The van der Waals surface area contributed by atoms with Crippen molar-refractivity contribution in [2.24, 2.45) is 5.10 Å². The first-order chi connectivity index (χ1) is 9.99. The maximum atomic E-state index is 11.5. The molecule has 1 aromatic heterocycles. The molecule has 1 amide bonds. The van der Waals surface area contributed by atoms with Crippen LogP contribution in [0.15, 0.2) is 40.0 Å². The van der Waals surface area contributed by atoms with Gasteiger partial charge < -0.3 is 14.6 Å². The maximum Gasteiger partial charge on any atom is 0.311 e. The number of carbonyl (C=O) groups excluding carboxylic acids is 1. The van der Waals surface area contributed by atoms with Crippen molar-refractivity contribution in [3.05, 3.63) is 52.0 Å². The van der Waals surface area contributed by atoms with Gasteiger partial charge in [0.2, 0.25) is 0 Å². The van der Waals surface area contributed by atoms with Crippen LogP contribution in [0.1, 0.15) is 16.1 Å². The third-order valence-electron chi connectivity index (χ3n) is 2.44. The number of benzene rings is 1. The molecule has 1 aromatic carbocycles. The minimum Gasteiger partial charge on any atom is -0.507 e. The molecule has 0 fully saturated rings. The lowest BCUT2D eigenvalue weighted by Gasteiger charge is -2.01. The Morgan fingerprint density at radius 2 is 2.14 bits per heavy atom. The van der Waals surface area contributed by atoms with Gasteiger partial charge in [-0.2, -0.15) is 5.10 Å². The molecule has 2 aromatic rings. The summed E-state index contributed by atoms with van der Waals surface area (Å²) in [4.78, 5) is 21.3. The highest BCUT2D eigenvalue weighted by Crippen LogP contribution is 2.31. The van der Waals surface area contributed by atoms with Gasteiger partial charge in [-0.1, -0.05) is 0 Å². The fourth-order valence-electron chi connectivity index (χ4n) is 1.45. The molecule has 0 aliphatic heterocycles. The summed E-state index contributed by atoms with van der Waals surface area (Å²) in [6, 6.07) is 4.68. The summed E-state index contributed by atoms with van der Waals surface area (Å²) < 4.78 is 4.83. The summed E-state index contributed by atoms with van der Waals surface area (Å²) in [6.07, 6.45) is 2.32. The largest absolute Gasteiger partial charge is 0.507 e. The van der Waals surface area contributed by atoms with Crippen LogP contribution in [0.3, 0.4) is 0 Å². The Kier molecular flexibility index (Phi) is 3.84. The van der Waals surface area contributed by atoms with E-state index >= 15 is 0 Å². The molecule has 2 rings (SSSR count). The third-order valence-corrected chi connectivity index (χ3v) is 2.44. The number of carbonyl (C=O) groups is 1. The zero-order valence-electron chi connectivity index (χ0n) is 10.4. The van der Waals surface area contributed by atoms with E-state index in [9.17, 15) is 25.1 Å². The van der Waals surface area contributed by atoms with Crippen molar-refractivity contribution in [2.45, 2.75) is 0 Å². The van der Waals surface area contributed by atoms with Gasteiger partial charge in [0.05, 0.1) is 17.4 Å². The quantitative estimate of drug-likeness (QED) is 0.441. The second-order valence-corrected chi connectivity index (χ2v) is 3.83. The van der Waals surface area contributed by atoms with Crippen molar-refractivity contribution >= 4 is 17.8 Å². The molecule has 1 heterocycles. The van der Waals surface area contributed by atoms with Gasteiger partial charge >= 0.3 is 11.6 Å². The fraction of sp³-hybridized carbons (Fsp3) is 0. The molecule has 3 N–H and O–H groups in total. The number of phenolic OH excluding ortho intramolecular Hbond substituents is 2. The Morgan fingerprint density at radius 1 is 1.38 bits per heavy atom. The molecule has 0 spiro atoms. The lowest BCUT2D eigenvalue weighted by molar-refractivity contribution is -0.385. The first-order valence-corrected chi connectivity index (χ1v) is 5.56. The Balaban J connectivity index is 2.15. The van der Waals surface area contributed by atoms with Gasteiger partial charge in [-0.05, 0) is 12.1 Å². The first-order valence-electron chi connectivity index (χ1n) is 5.56. The number of hydrogen-bond acceptors (Lipinski definition) is 7. The van der Waals surface area contributed by atoms with E-state index in [1.807, 2.05) is 0 Å². The van der Waals surface area contributed by atoms with E-state index in [1.165, 1.54) is 18.4 Å². The van der Waals surface area contributed by atoms with E-state index in [-0.39, 0.29) is 11.3 Å². The number of rotatable bonds is 4. The van der Waals surface area contributed by atoms with Crippen molar-refractivity contribution in [3.63, 3.8) is 0 Å². The van der Waals surface area contributed by atoms with Crippen molar-refractivity contribution in [1.29, 1.82) is 0 Å². The van der Waals surface area contributed by atoms with Crippen LogP contribution >= 0.6 is 0 Å². The zero-order chi connectivity index (χ0) is 15.4. The normalized spacial score (nSPS) is 10.7. The molecule has 0 bridgehead atoms. The van der Waals surface area contributed by atoms with Crippen LogP contribution in [-0.2, 0) is 0 Å². The van der Waals surface area contributed by atoms with Crippen LogP contribution in [-0.4, -0.2) is 27.3 Å². The SMILES string of the molecule is O=C(N/N=C\c1cc([N+](=O)[O-])c(O)cc1O)c1ccco1. The number of hydrogen-bond donors (Lipinski definition) is 3. The van der Waals surface area contributed by atoms with E-state index < -0.39 is 28.0 Å². The van der Waals surface area contributed by atoms with E-state index in [1.54, 1.807) is 0 Å². The molecule has 0 atom stereocenters. The van der Waals surface area contributed by atoms with Gasteiger partial charge in [0.1, 0.15) is 5.75 Å². The standard InChI is InChI=1S/C12H9N3O6/c16-9-5-10(17)8(15(19)20)4-7(9)6-13-14-12(18)11-2-1-3-21-11/h1-6,16-17H,(H,14,18)/b13-6-. The number of nitro benzene ring substituents is 1. The maximum absolute atomic E-state index is 11.5. The monoisotopic (exact) mass is 291 g/mol. The minimum atomic E-state index is -0.812. The molecular formula is C12H9N3O6. The lowest BCUT2D eigenvalue weighted by atomic mass is 10.2. The number of nitro groups is 1. The summed E-state index contributed by atoms with van der Waals surface area (Å²) in [6.45, 7) is 0. The van der Waals surface area contributed by atoms with Gasteiger partial charge in [0.15, 0.2) is 11.5 Å². The second-order valence-electron chi connectivity index (χ2n) is 3.83. The van der Waals surface area contributed by atoms with Crippen molar-refractivity contribution in [3.8, 4) is 11.5 Å². The summed E-state index contributed by atoms with van der Waals surface area (Å²) in [7, 11) is 0. The van der Waals surface area contributed by atoms with Crippen LogP contribution in [0.25, 0.3) is 0 Å². The number of amides is 1. The molecule has 0 radical (unpaired) electrons. The Morgan fingerprint density at radius 3 is 2.76 bits per heavy atom. The third kappa shape index (κ3) is 3.15. The molecule has 0 saturated carbocycles. The number of phenols is 2. The Hall–Kier alpha value is -3.36. The van der Waals surface area contributed by atoms with Crippen LogP contribution < -0.4 is 5.43 Å². The molecule has 0 saturated heterocycles. The average Bonchev–Trinajstić information content (AvgIpc) is 2.94. The van der Waals surface area contributed by atoms with Crippen molar-refractivity contribution in [1.82, 2.24) is 5.43 Å². The molecule has 108 valence electrons. The summed E-state index contributed by atoms with van der Waals surface area (Å²) in [5, 5.41) is 33.0. The molecule has 0 aliphatic rings. The van der Waals surface area contributed by atoms with E-state index in [0.717, 1.165) is 18.3 Å². The van der Waals surface area contributed by atoms with Gasteiger partial charge in [-0.25, -0.2) is 5.43 Å². The fourth-order valence-corrected chi connectivity index (χ4v) is 1.45. The minimum absolute atomic E-state index is 0.0352. The van der Waals surface area contributed by atoms with E-state index in [0.29, 0.717) is 0 Å². The topological polar surface area (TPSA) is 138 Å². The van der Waals surface area contributed by atoms with Gasteiger partial charge in [-0.15, -0.1) is 0 Å². The predicted molar refractivity (Wildman–Crippen MR) is 70.2 cm³/mol. The van der Waals surface area contributed by atoms with Crippen LogP contribution in [0.5, 0.6) is 11.5 Å². The van der Waals surface area contributed by atoms with Crippen molar-refractivity contribution < 1.29 is 24.3 Å². The van der Waals surface area contributed by atoms with Crippen LogP contribution in [0.2, 0.25) is 0 Å². The molecule has 0 unspecified atom stereocenters. The molecular weight excluding hydrogens is 282 g/mol. The lowest BCUT2D eigenvalue weighted by Crippen LogP contribution is -2.16. The molecule has 0 aliphatic carbocycles. The van der Waals surface area contributed by atoms with E-state index in [4.69, 9.17) is 4.42 Å². The summed E-state index contributed by atoms with van der Waals surface area (Å²) in [5.41, 5.74) is 1.48. The molecule has 21 heavy (non-hydrogen) atoms. The van der Waals surface area contributed by atoms with E-state index in [2.05, 4.69) is 10.5 Å². The number of nitrogens with one attached hydrogen (secondary N) is 1. The smallest absolute Gasteiger partial charge is 0.311 e. The summed E-state index contributed by atoms with van der Waals surface area (Å²) >= 11 is 0. The predicted octanol–water partition coefficient (Wildman–Crippen LogP) is 1.36. The average molecular weight is 291 g/mol. The highest BCUT2D eigenvalue weighted by Gasteiger charge is 2.16. The van der Waals surface area contributed by atoms with Crippen LogP contribution in [0, 0.1) is 10.1 Å². The highest BCUT2D eigenvalue weighted by atomic mass is 16.6.